The highest BCUT2D eigenvalue weighted by molar-refractivity contribution is 6.30. The van der Waals surface area contributed by atoms with Crippen LogP contribution >= 0.6 is 11.6 Å². The SMILES string of the molecule is CN1CCCN(c2cccc3nc(CN(C)C4CCCc5cccnc54)c(Cl)n23)CC1. The van der Waals surface area contributed by atoms with Crippen LogP contribution in [0.1, 0.15) is 42.3 Å². The van der Waals surface area contributed by atoms with Crippen LogP contribution in [0.25, 0.3) is 5.65 Å². The summed E-state index contributed by atoms with van der Waals surface area (Å²) in [6, 6.07) is 10.9. The van der Waals surface area contributed by atoms with Crippen LogP contribution < -0.4 is 4.90 Å². The first-order chi connectivity index (χ1) is 15.1. The lowest BCUT2D eigenvalue weighted by molar-refractivity contribution is 0.206. The van der Waals surface area contributed by atoms with Gasteiger partial charge in [-0.1, -0.05) is 23.7 Å². The van der Waals surface area contributed by atoms with Crippen LogP contribution in [-0.2, 0) is 13.0 Å². The molecule has 0 amide bonds. The predicted molar refractivity (Wildman–Crippen MR) is 126 cm³/mol. The number of nitrogens with zero attached hydrogens (tertiary/aromatic N) is 6. The summed E-state index contributed by atoms with van der Waals surface area (Å²) in [5, 5.41) is 0.729. The lowest BCUT2D eigenvalue weighted by Crippen LogP contribution is -2.30. The number of rotatable bonds is 4. The van der Waals surface area contributed by atoms with E-state index in [1.54, 1.807) is 0 Å². The minimum atomic E-state index is 0.312. The minimum absolute atomic E-state index is 0.312. The summed E-state index contributed by atoms with van der Waals surface area (Å²) in [6.07, 6.45) is 6.51. The molecule has 1 aliphatic heterocycles. The first-order valence-electron chi connectivity index (χ1n) is 11.3. The molecular formula is C24H31ClN6. The highest BCUT2D eigenvalue weighted by Crippen LogP contribution is 2.34. The Morgan fingerprint density at radius 1 is 1.10 bits per heavy atom. The number of fused-ring (bicyclic) bond motifs is 2. The Kier molecular flexibility index (Phi) is 5.87. The molecule has 7 heteroatoms. The van der Waals surface area contributed by atoms with E-state index in [4.69, 9.17) is 21.6 Å². The van der Waals surface area contributed by atoms with Crippen molar-refractivity contribution in [3.8, 4) is 0 Å². The van der Waals surface area contributed by atoms with Gasteiger partial charge in [0.05, 0.1) is 17.4 Å². The molecule has 0 saturated carbocycles. The Hall–Kier alpha value is -2.15. The number of pyridine rings is 2. The van der Waals surface area contributed by atoms with Gasteiger partial charge in [-0.05, 0) is 70.1 Å². The molecule has 5 rings (SSSR count). The fourth-order valence-electron chi connectivity index (χ4n) is 5.07. The smallest absolute Gasteiger partial charge is 0.139 e. The van der Waals surface area contributed by atoms with Gasteiger partial charge in [0.25, 0.3) is 0 Å². The molecule has 0 spiro atoms. The predicted octanol–water partition coefficient (Wildman–Crippen LogP) is 4.03. The number of anilines is 1. The van der Waals surface area contributed by atoms with E-state index in [1.165, 1.54) is 17.7 Å². The van der Waals surface area contributed by atoms with E-state index >= 15 is 0 Å². The number of aryl methyl sites for hydroxylation is 1. The van der Waals surface area contributed by atoms with Gasteiger partial charge in [-0.2, -0.15) is 0 Å². The van der Waals surface area contributed by atoms with Crippen molar-refractivity contribution in [2.75, 3.05) is 45.2 Å². The Labute approximate surface area is 189 Å². The summed E-state index contributed by atoms with van der Waals surface area (Å²) >= 11 is 6.96. The van der Waals surface area contributed by atoms with E-state index in [2.05, 4.69) is 57.5 Å². The van der Waals surface area contributed by atoms with Gasteiger partial charge in [-0.3, -0.25) is 14.3 Å². The van der Waals surface area contributed by atoms with E-state index in [-0.39, 0.29) is 0 Å². The molecule has 1 fully saturated rings. The summed E-state index contributed by atoms with van der Waals surface area (Å²) in [4.78, 5) is 16.8. The first-order valence-corrected chi connectivity index (χ1v) is 11.7. The van der Waals surface area contributed by atoms with Gasteiger partial charge in [0.15, 0.2) is 0 Å². The van der Waals surface area contributed by atoms with Crippen molar-refractivity contribution >= 4 is 23.1 Å². The van der Waals surface area contributed by atoms with Gasteiger partial charge >= 0.3 is 0 Å². The van der Waals surface area contributed by atoms with Crippen molar-refractivity contribution in [2.45, 2.75) is 38.3 Å². The Balaban J connectivity index is 1.43. The van der Waals surface area contributed by atoms with Gasteiger partial charge in [-0.25, -0.2) is 4.98 Å². The molecule has 3 aromatic heterocycles. The molecule has 2 aliphatic rings. The van der Waals surface area contributed by atoms with Crippen LogP contribution in [0.5, 0.6) is 0 Å². The van der Waals surface area contributed by atoms with E-state index in [9.17, 15) is 0 Å². The third-order valence-corrected chi connectivity index (χ3v) is 7.16. The van der Waals surface area contributed by atoms with Crippen LogP contribution in [0.2, 0.25) is 5.15 Å². The zero-order chi connectivity index (χ0) is 21.4. The van der Waals surface area contributed by atoms with Crippen molar-refractivity contribution in [3.05, 3.63) is 58.6 Å². The molecule has 3 aromatic rings. The van der Waals surface area contributed by atoms with Gasteiger partial charge in [0.2, 0.25) is 0 Å². The topological polar surface area (TPSA) is 39.9 Å². The van der Waals surface area contributed by atoms with Gasteiger partial charge in [0.1, 0.15) is 16.6 Å². The van der Waals surface area contributed by atoms with Crippen LogP contribution in [-0.4, -0.2) is 64.4 Å². The number of aromatic nitrogens is 3. The van der Waals surface area contributed by atoms with Crippen molar-refractivity contribution in [1.82, 2.24) is 24.2 Å². The van der Waals surface area contributed by atoms with E-state index in [0.717, 1.165) is 67.8 Å². The van der Waals surface area contributed by atoms with Crippen molar-refractivity contribution in [2.24, 2.45) is 0 Å². The van der Waals surface area contributed by atoms with Crippen molar-refractivity contribution in [3.63, 3.8) is 0 Å². The number of imidazole rings is 1. The summed E-state index contributed by atoms with van der Waals surface area (Å²) in [6.45, 7) is 4.95. The van der Waals surface area contributed by atoms with Gasteiger partial charge in [0, 0.05) is 32.4 Å². The molecule has 1 saturated heterocycles. The first kappa shape index (κ1) is 20.7. The second-order valence-corrected chi connectivity index (χ2v) is 9.30. The summed E-state index contributed by atoms with van der Waals surface area (Å²) in [7, 11) is 4.36. The normalized spacial score (nSPS) is 20.3. The number of hydrogen-bond acceptors (Lipinski definition) is 5. The maximum absolute atomic E-state index is 6.96. The molecule has 31 heavy (non-hydrogen) atoms. The summed E-state index contributed by atoms with van der Waals surface area (Å²) in [5.74, 6) is 1.14. The van der Waals surface area contributed by atoms with Crippen LogP contribution in [0, 0.1) is 0 Å². The van der Waals surface area contributed by atoms with Crippen LogP contribution in [0.4, 0.5) is 5.82 Å². The molecule has 0 aromatic carbocycles. The molecule has 164 valence electrons. The molecule has 0 bridgehead atoms. The fraction of sp³-hybridized carbons (Fsp3) is 0.500. The molecule has 0 radical (unpaired) electrons. The lowest BCUT2D eigenvalue weighted by atomic mass is 9.91. The third-order valence-electron chi connectivity index (χ3n) is 6.77. The lowest BCUT2D eigenvalue weighted by Gasteiger charge is -2.31. The van der Waals surface area contributed by atoms with Crippen molar-refractivity contribution < 1.29 is 0 Å². The highest BCUT2D eigenvalue weighted by Gasteiger charge is 2.27. The monoisotopic (exact) mass is 438 g/mol. The largest absolute Gasteiger partial charge is 0.356 e. The average Bonchev–Trinajstić information content (AvgIpc) is 2.95. The zero-order valence-corrected chi connectivity index (χ0v) is 19.2. The van der Waals surface area contributed by atoms with Crippen molar-refractivity contribution in [1.29, 1.82) is 0 Å². The number of likely N-dealkylation sites (N-methyl/N-ethyl adjacent to an activating group) is 1. The van der Waals surface area contributed by atoms with E-state index in [1.807, 2.05) is 12.3 Å². The van der Waals surface area contributed by atoms with E-state index in [0.29, 0.717) is 12.6 Å². The molecule has 1 unspecified atom stereocenters. The Morgan fingerprint density at radius 3 is 2.90 bits per heavy atom. The molecular weight excluding hydrogens is 408 g/mol. The third kappa shape index (κ3) is 4.04. The number of hydrogen-bond donors (Lipinski definition) is 0. The van der Waals surface area contributed by atoms with Gasteiger partial charge < -0.3 is 9.80 Å². The molecule has 1 atom stereocenters. The second kappa shape index (κ2) is 8.77. The maximum atomic E-state index is 6.96. The number of halogens is 1. The zero-order valence-electron chi connectivity index (χ0n) is 18.5. The second-order valence-electron chi connectivity index (χ2n) is 8.94. The van der Waals surface area contributed by atoms with Gasteiger partial charge in [-0.15, -0.1) is 0 Å². The quantitative estimate of drug-likeness (QED) is 0.615. The minimum Gasteiger partial charge on any atom is -0.356 e. The van der Waals surface area contributed by atoms with Crippen LogP contribution in [0.15, 0.2) is 36.5 Å². The fourth-order valence-corrected chi connectivity index (χ4v) is 5.35. The highest BCUT2D eigenvalue weighted by atomic mass is 35.5. The standard InChI is InChI=1S/C24H31ClN6/c1-28-13-6-14-30(16-15-28)22-11-4-10-21-27-19(24(25)31(21)22)17-29(2)20-9-3-7-18-8-5-12-26-23(18)20/h4-5,8,10-12,20H,3,6-7,9,13-17H2,1-2H3. The Morgan fingerprint density at radius 2 is 2.00 bits per heavy atom. The van der Waals surface area contributed by atoms with E-state index < -0.39 is 0 Å². The summed E-state index contributed by atoms with van der Waals surface area (Å²) in [5.41, 5.74) is 4.45. The average molecular weight is 439 g/mol. The molecule has 4 heterocycles. The molecule has 0 N–H and O–H groups in total. The molecule has 1 aliphatic carbocycles. The Bertz CT molecular complexity index is 1060. The molecule has 6 nitrogen and oxygen atoms in total. The maximum Gasteiger partial charge on any atom is 0.139 e. The summed E-state index contributed by atoms with van der Waals surface area (Å²) < 4.78 is 2.13. The van der Waals surface area contributed by atoms with Crippen LogP contribution in [0.3, 0.4) is 0 Å².